The molecule has 0 aromatic carbocycles. The van der Waals surface area contributed by atoms with Crippen molar-refractivity contribution in [2.45, 2.75) is 27.7 Å². The van der Waals surface area contributed by atoms with E-state index in [1.807, 2.05) is 13.0 Å². The van der Waals surface area contributed by atoms with Gasteiger partial charge in [0.05, 0.1) is 0 Å². The summed E-state index contributed by atoms with van der Waals surface area (Å²) in [5.41, 5.74) is 3.71. The molecule has 0 atom stereocenters. The Hall–Kier alpha value is -0.780. The van der Waals surface area contributed by atoms with E-state index < -0.39 is 0 Å². The van der Waals surface area contributed by atoms with Gasteiger partial charge in [-0.05, 0) is 30.9 Å². The molecule has 0 spiro atoms. The van der Waals surface area contributed by atoms with Crippen molar-refractivity contribution in [3.05, 3.63) is 36.0 Å². The standard InChI is InChI=1S/C11H18/c1-7-11(9(4)5)10(6)8(2)3/h7,9H,1-2H2,3-6H3/b11-10+. The van der Waals surface area contributed by atoms with Crippen molar-refractivity contribution >= 4 is 0 Å². The van der Waals surface area contributed by atoms with Gasteiger partial charge in [-0.2, -0.15) is 0 Å². The third-order valence-electron chi connectivity index (χ3n) is 1.92. The monoisotopic (exact) mass is 150 g/mol. The van der Waals surface area contributed by atoms with Crippen LogP contribution in [-0.2, 0) is 0 Å². The van der Waals surface area contributed by atoms with E-state index >= 15 is 0 Å². The fraction of sp³-hybridized carbons (Fsp3) is 0.455. The van der Waals surface area contributed by atoms with Crippen LogP contribution in [0.2, 0.25) is 0 Å². The van der Waals surface area contributed by atoms with E-state index in [0.29, 0.717) is 5.92 Å². The molecule has 0 saturated carbocycles. The lowest BCUT2D eigenvalue weighted by Gasteiger charge is -2.11. The van der Waals surface area contributed by atoms with E-state index in [0.717, 1.165) is 5.57 Å². The van der Waals surface area contributed by atoms with Crippen molar-refractivity contribution in [3.8, 4) is 0 Å². The van der Waals surface area contributed by atoms with Gasteiger partial charge in [-0.25, -0.2) is 0 Å². The lowest BCUT2D eigenvalue weighted by atomic mass is 9.95. The average molecular weight is 150 g/mol. The summed E-state index contributed by atoms with van der Waals surface area (Å²) in [4.78, 5) is 0. The molecular formula is C11H18. The summed E-state index contributed by atoms with van der Waals surface area (Å²) in [5.74, 6) is 0.546. The molecule has 0 nitrogen and oxygen atoms in total. The normalized spacial score (nSPS) is 12.8. The number of rotatable bonds is 3. The summed E-state index contributed by atoms with van der Waals surface area (Å²) in [6, 6.07) is 0. The second-order valence-electron chi connectivity index (χ2n) is 3.22. The van der Waals surface area contributed by atoms with Crippen molar-refractivity contribution in [1.82, 2.24) is 0 Å². The molecule has 0 radical (unpaired) electrons. The van der Waals surface area contributed by atoms with Gasteiger partial charge in [0.1, 0.15) is 0 Å². The van der Waals surface area contributed by atoms with Crippen molar-refractivity contribution < 1.29 is 0 Å². The molecule has 0 bridgehead atoms. The van der Waals surface area contributed by atoms with Crippen LogP contribution in [-0.4, -0.2) is 0 Å². The maximum atomic E-state index is 3.90. The van der Waals surface area contributed by atoms with E-state index in [-0.39, 0.29) is 0 Å². The molecule has 0 aliphatic heterocycles. The highest BCUT2D eigenvalue weighted by Crippen LogP contribution is 2.19. The van der Waals surface area contributed by atoms with Crippen LogP contribution >= 0.6 is 0 Å². The first-order chi connectivity index (χ1) is 5.00. The zero-order valence-corrected chi connectivity index (χ0v) is 8.07. The van der Waals surface area contributed by atoms with Crippen molar-refractivity contribution in [1.29, 1.82) is 0 Å². The molecule has 0 N–H and O–H groups in total. The Bertz CT molecular complexity index is 192. The average Bonchev–Trinajstić information content (AvgIpc) is 1.88. The van der Waals surface area contributed by atoms with Crippen LogP contribution in [0.1, 0.15) is 27.7 Å². The molecule has 0 aromatic heterocycles. The molecule has 0 aliphatic carbocycles. The molecular weight excluding hydrogens is 132 g/mol. The van der Waals surface area contributed by atoms with E-state index in [1.54, 1.807) is 0 Å². The molecule has 0 heteroatoms. The first-order valence-corrected chi connectivity index (χ1v) is 3.99. The summed E-state index contributed by atoms with van der Waals surface area (Å²) >= 11 is 0. The van der Waals surface area contributed by atoms with Crippen LogP contribution in [0.15, 0.2) is 36.0 Å². The molecule has 0 aliphatic rings. The molecule has 0 fully saturated rings. The molecule has 0 saturated heterocycles. The SMILES string of the molecule is C=C/C(=C(/C)C(=C)C)C(C)C. The lowest BCUT2D eigenvalue weighted by Crippen LogP contribution is -1.95. The van der Waals surface area contributed by atoms with Crippen LogP contribution < -0.4 is 0 Å². The lowest BCUT2D eigenvalue weighted by molar-refractivity contribution is 0.782. The molecule has 62 valence electrons. The van der Waals surface area contributed by atoms with Gasteiger partial charge in [0.2, 0.25) is 0 Å². The van der Waals surface area contributed by atoms with Crippen LogP contribution in [0.5, 0.6) is 0 Å². The highest BCUT2D eigenvalue weighted by molar-refractivity contribution is 5.36. The Morgan fingerprint density at radius 2 is 1.73 bits per heavy atom. The number of hydrogen-bond donors (Lipinski definition) is 0. The molecule has 11 heavy (non-hydrogen) atoms. The zero-order valence-electron chi connectivity index (χ0n) is 8.07. The van der Waals surface area contributed by atoms with Crippen LogP contribution in [0, 0.1) is 5.92 Å². The summed E-state index contributed by atoms with van der Waals surface area (Å²) in [6.45, 7) is 16.2. The van der Waals surface area contributed by atoms with Gasteiger partial charge in [0.15, 0.2) is 0 Å². The van der Waals surface area contributed by atoms with E-state index in [4.69, 9.17) is 0 Å². The number of hydrogen-bond acceptors (Lipinski definition) is 0. The highest BCUT2D eigenvalue weighted by atomic mass is 14.1. The van der Waals surface area contributed by atoms with Crippen LogP contribution in [0.4, 0.5) is 0 Å². The first-order valence-electron chi connectivity index (χ1n) is 3.99. The molecule has 0 amide bonds. The Balaban J connectivity index is 4.83. The van der Waals surface area contributed by atoms with Crippen molar-refractivity contribution in [2.75, 3.05) is 0 Å². The minimum Gasteiger partial charge on any atom is -0.0988 e. The predicted octanol–water partition coefficient (Wildman–Crippen LogP) is 3.72. The van der Waals surface area contributed by atoms with Crippen LogP contribution in [0.25, 0.3) is 0 Å². The zero-order chi connectivity index (χ0) is 9.02. The Morgan fingerprint density at radius 1 is 1.27 bits per heavy atom. The summed E-state index contributed by atoms with van der Waals surface area (Å²) < 4.78 is 0. The van der Waals surface area contributed by atoms with Gasteiger partial charge in [-0.3, -0.25) is 0 Å². The van der Waals surface area contributed by atoms with Gasteiger partial charge in [-0.1, -0.05) is 38.7 Å². The fourth-order valence-electron chi connectivity index (χ4n) is 1.07. The summed E-state index contributed by atoms with van der Waals surface area (Å²) in [7, 11) is 0. The summed E-state index contributed by atoms with van der Waals surface area (Å²) in [6.07, 6.45) is 1.93. The van der Waals surface area contributed by atoms with E-state index in [9.17, 15) is 0 Å². The molecule has 0 unspecified atom stereocenters. The van der Waals surface area contributed by atoms with Crippen molar-refractivity contribution in [2.24, 2.45) is 5.92 Å². The Labute approximate surface area is 70.3 Å². The van der Waals surface area contributed by atoms with E-state index in [2.05, 4.69) is 33.9 Å². The smallest absolute Gasteiger partial charge is 0.0216 e. The molecule has 0 aromatic rings. The third-order valence-corrected chi connectivity index (χ3v) is 1.92. The van der Waals surface area contributed by atoms with Crippen LogP contribution in [0.3, 0.4) is 0 Å². The van der Waals surface area contributed by atoms with Gasteiger partial charge in [-0.15, -0.1) is 0 Å². The van der Waals surface area contributed by atoms with Gasteiger partial charge in [0.25, 0.3) is 0 Å². The minimum absolute atomic E-state index is 0.546. The van der Waals surface area contributed by atoms with Gasteiger partial charge < -0.3 is 0 Å². The summed E-state index contributed by atoms with van der Waals surface area (Å²) in [5, 5.41) is 0. The highest BCUT2D eigenvalue weighted by Gasteiger charge is 2.03. The second-order valence-corrected chi connectivity index (χ2v) is 3.22. The Morgan fingerprint density at radius 3 is 1.82 bits per heavy atom. The first kappa shape index (κ1) is 10.2. The van der Waals surface area contributed by atoms with Crippen molar-refractivity contribution in [3.63, 3.8) is 0 Å². The molecule has 0 heterocycles. The maximum absolute atomic E-state index is 3.90. The third kappa shape index (κ3) is 2.75. The second kappa shape index (κ2) is 4.17. The van der Waals surface area contributed by atoms with Gasteiger partial charge >= 0.3 is 0 Å². The topological polar surface area (TPSA) is 0 Å². The maximum Gasteiger partial charge on any atom is -0.0216 e. The number of allylic oxidation sites excluding steroid dienone is 4. The van der Waals surface area contributed by atoms with Gasteiger partial charge in [0, 0.05) is 0 Å². The predicted molar refractivity (Wildman–Crippen MR) is 52.5 cm³/mol. The van der Waals surface area contributed by atoms with E-state index in [1.165, 1.54) is 11.1 Å². The fourth-order valence-corrected chi connectivity index (χ4v) is 1.07. The minimum atomic E-state index is 0.546. The Kier molecular flexibility index (Phi) is 3.88. The quantitative estimate of drug-likeness (QED) is 0.538. The largest absolute Gasteiger partial charge is 0.0988 e. The molecule has 0 rings (SSSR count).